The molecule has 1 saturated carbocycles. The Morgan fingerprint density at radius 2 is 2.06 bits per heavy atom. The zero-order valence-electron chi connectivity index (χ0n) is 9.74. The first-order valence-corrected chi connectivity index (χ1v) is 6.17. The standard InChI is InChI=1S/C13H18ClNO/c1-8(2)16-12-6-5-10(7-11(12)14)13(15)9-3-4-9/h5-9,13H,3-4,15H2,1-2H3. The molecular formula is C13H18ClNO. The summed E-state index contributed by atoms with van der Waals surface area (Å²) in [7, 11) is 0. The van der Waals surface area contributed by atoms with Gasteiger partial charge in [-0.3, -0.25) is 0 Å². The molecular weight excluding hydrogens is 222 g/mol. The third kappa shape index (κ3) is 2.69. The van der Waals surface area contributed by atoms with Crippen molar-refractivity contribution in [1.29, 1.82) is 0 Å². The Morgan fingerprint density at radius 1 is 1.38 bits per heavy atom. The summed E-state index contributed by atoms with van der Waals surface area (Å²) in [5, 5.41) is 0.655. The Balaban J connectivity index is 2.14. The first-order chi connectivity index (χ1) is 7.58. The lowest BCUT2D eigenvalue weighted by Crippen LogP contribution is -2.12. The quantitative estimate of drug-likeness (QED) is 0.872. The van der Waals surface area contributed by atoms with E-state index in [9.17, 15) is 0 Å². The molecule has 0 spiro atoms. The molecule has 0 bridgehead atoms. The van der Waals surface area contributed by atoms with E-state index in [2.05, 4.69) is 0 Å². The van der Waals surface area contributed by atoms with Crippen molar-refractivity contribution in [2.75, 3.05) is 0 Å². The van der Waals surface area contributed by atoms with Gasteiger partial charge >= 0.3 is 0 Å². The number of nitrogens with two attached hydrogens (primary N) is 1. The summed E-state index contributed by atoms with van der Waals surface area (Å²) in [6, 6.07) is 6.00. The van der Waals surface area contributed by atoms with E-state index < -0.39 is 0 Å². The summed E-state index contributed by atoms with van der Waals surface area (Å²) in [4.78, 5) is 0. The molecule has 0 heterocycles. The molecule has 16 heavy (non-hydrogen) atoms. The normalized spacial score (nSPS) is 17.6. The summed E-state index contributed by atoms with van der Waals surface area (Å²) in [5.74, 6) is 1.39. The van der Waals surface area contributed by atoms with Gasteiger partial charge in [0.1, 0.15) is 5.75 Å². The minimum Gasteiger partial charge on any atom is -0.489 e. The zero-order chi connectivity index (χ0) is 11.7. The maximum atomic E-state index is 6.16. The van der Waals surface area contributed by atoms with E-state index in [1.54, 1.807) is 0 Å². The average Bonchev–Trinajstić information content (AvgIpc) is 3.03. The lowest BCUT2D eigenvalue weighted by atomic mass is 10.0. The first kappa shape index (κ1) is 11.7. The average molecular weight is 240 g/mol. The number of hydrogen-bond donors (Lipinski definition) is 1. The van der Waals surface area contributed by atoms with Gasteiger partial charge in [-0.15, -0.1) is 0 Å². The van der Waals surface area contributed by atoms with Gasteiger partial charge in [0.25, 0.3) is 0 Å². The van der Waals surface area contributed by atoms with Crippen molar-refractivity contribution in [3.05, 3.63) is 28.8 Å². The largest absolute Gasteiger partial charge is 0.489 e. The molecule has 1 aromatic carbocycles. The third-order valence-electron chi connectivity index (χ3n) is 2.83. The van der Waals surface area contributed by atoms with Gasteiger partial charge in [0.05, 0.1) is 11.1 Å². The minimum absolute atomic E-state index is 0.130. The number of ether oxygens (including phenoxy) is 1. The molecule has 0 saturated heterocycles. The van der Waals surface area contributed by atoms with E-state index in [-0.39, 0.29) is 12.1 Å². The smallest absolute Gasteiger partial charge is 0.138 e. The summed E-state index contributed by atoms with van der Waals surface area (Å²) in [6.45, 7) is 3.97. The van der Waals surface area contributed by atoms with Gasteiger partial charge in [-0.1, -0.05) is 17.7 Å². The van der Waals surface area contributed by atoms with Gasteiger partial charge in [-0.05, 0) is 50.3 Å². The maximum absolute atomic E-state index is 6.16. The SMILES string of the molecule is CC(C)Oc1ccc(C(N)C2CC2)cc1Cl. The van der Waals surface area contributed by atoms with Crippen LogP contribution in [-0.4, -0.2) is 6.10 Å². The fraction of sp³-hybridized carbons (Fsp3) is 0.538. The Kier molecular flexibility index (Phi) is 3.41. The van der Waals surface area contributed by atoms with Crippen LogP contribution in [0.5, 0.6) is 5.75 Å². The van der Waals surface area contributed by atoms with Crippen LogP contribution in [0.1, 0.15) is 38.3 Å². The molecule has 0 radical (unpaired) electrons. The maximum Gasteiger partial charge on any atom is 0.138 e. The summed E-state index contributed by atoms with van der Waals surface area (Å²) in [5.41, 5.74) is 7.24. The lowest BCUT2D eigenvalue weighted by Gasteiger charge is -2.15. The molecule has 0 aromatic heterocycles. The molecule has 1 aliphatic carbocycles. The molecule has 1 unspecified atom stereocenters. The van der Waals surface area contributed by atoms with Gasteiger partial charge < -0.3 is 10.5 Å². The van der Waals surface area contributed by atoms with E-state index in [1.165, 1.54) is 12.8 Å². The molecule has 2 N–H and O–H groups in total. The van der Waals surface area contributed by atoms with Gasteiger partial charge in [0.15, 0.2) is 0 Å². The number of hydrogen-bond acceptors (Lipinski definition) is 2. The minimum atomic E-state index is 0.130. The van der Waals surface area contributed by atoms with Crippen LogP contribution in [0.25, 0.3) is 0 Å². The van der Waals surface area contributed by atoms with E-state index in [0.29, 0.717) is 10.9 Å². The van der Waals surface area contributed by atoms with Crippen LogP contribution < -0.4 is 10.5 Å². The monoisotopic (exact) mass is 239 g/mol. The molecule has 0 amide bonds. The molecule has 0 aliphatic heterocycles. The number of halogens is 1. The third-order valence-corrected chi connectivity index (χ3v) is 3.13. The zero-order valence-corrected chi connectivity index (χ0v) is 10.5. The van der Waals surface area contributed by atoms with E-state index in [1.807, 2.05) is 32.0 Å². The second kappa shape index (κ2) is 4.64. The summed E-state index contributed by atoms with van der Waals surface area (Å²) in [6.07, 6.45) is 2.62. The second-order valence-electron chi connectivity index (χ2n) is 4.72. The Bertz CT molecular complexity index is 374. The highest BCUT2D eigenvalue weighted by atomic mass is 35.5. The van der Waals surface area contributed by atoms with Gasteiger partial charge in [0.2, 0.25) is 0 Å². The van der Waals surface area contributed by atoms with Crippen LogP contribution in [-0.2, 0) is 0 Å². The van der Waals surface area contributed by atoms with Gasteiger partial charge in [-0.25, -0.2) is 0 Å². The number of rotatable bonds is 4. The predicted octanol–water partition coefficient (Wildman–Crippen LogP) is 3.54. The predicted molar refractivity (Wildman–Crippen MR) is 66.9 cm³/mol. The van der Waals surface area contributed by atoms with E-state index in [4.69, 9.17) is 22.1 Å². The van der Waals surface area contributed by atoms with E-state index >= 15 is 0 Å². The second-order valence-corrected chi connectivity index (χ2v) is 5.13. The Morgan fingerprint density at radius 3 is 2.56 bits per heavy atom. The van der Waals surface area contributed by atoms with Crippen molar-refractivity contribution in [2.24, 2.45) is 11.7 Å². The molecule has 3 heteroatoms. The fourth-order valence-corrected chi connectivity index (χ4v) is 2.03. The molecule has 1 fully saturated rings. The van der Waals surface area contributed by atoms with Gasteiger partial charge in [-0.2, -0.15) is 0 Å². The van der Waals surface area contributed by atoms with Crippen LogP contribution in [0.15, 0.2) is 18.2 Å². The van der Waals surface area contributed by atoms with Gasteiger partial charge in [0, 0.05) is 6.04 Å². The number of benzene rings is 1. The Labute approximate surface area is 102 Å². The highest BCUT2D eigenvalue weighted by Crippen LogP contribution is 2.40. The topological polar surface area (TPSA) is 35.2 Å². The van der Waals surface area contributed by atoms with Crippen molar-refractivity contribution in [1.82, 2.24) is 0 Å². The molecule has 2 rings (SSSR count). The van der Waals surface area contributed by atoms with Crippen LogP contribution in [0.3, 0.4) is 0 Å². The molecule has 2 nitrogen and oxygen atoms in total. The van der Waals surface area contributed by atoms with Crippen molar-refractivity contribution in [2.45, 2.75) is 38.8 Å². The van der Waals surface area contributed by atoms with Crippen LogP contribution in [0.4, 0.5) is 0 Å². The molecule has 1 aliphatic rings. The first-order valence-electron chi connectivity index (χ1n) is 5.79. The molecule has 88 valence electrons. The van der Waals surface area contributed by atoms with E-state index in [0.717, 1.165) is 11.3 Å². The summed E-state index contributed by atoms with van der Waals surface area (Å²) < 4.78 is 5.58. The fourth-order valence-electron chi connectivity index (χ4n) is 1.80. The van der Waals surface area contributed by atoms with Crippen LogP contribution in [0.2, 0.25) is 5.02 Å². The van der Waals surface area contributed by atoms with Crippen LogP contribution in [0, 0.1) is 5.92 Å². The summed E-state index contributed by atoms with van der Waals surface area (Å²) >= 11 is 6.16. The Hall–Kier alpha value is -0.730. The molecule has 1 atom stereocenters. The highest BCUT2D eigenvalue weighted by molar-refractivity contribution is 6.32. The van der Waals surface area contributed by atoms with Crippen molar-refractivity contribution in [3.63, 3.8) is 0 Å². The van der Waals surface area contributed by atoms with Crippen molar-refractivity contribution >= 4 is 11.6 Å². The van der Waals surface area contributed by atoms with Crippen molar-refractivity contribution < 1.29 is 4.74 Å². The van der Waals surface area contributed by atoms with Crippen molar-refractivity contribution in [3.8, 4) is 5.75 Å². The van der Waals surface area contributed by atoms with Crippen LogP contribution >= 0.6 is 11.6 Å². The highest BCUT2D eigenvalue weighted by Gasteiger charge is 2.29. The molecule has 1 aromatic rings. The lowest BCUT2D eigenvalue weighted by molar-refractivity contribution is 0.242.